The minimum absolute atomic E-state index is 0.0368. The molecule has 2 aromatic rings. The lowest BCUT2D eigenvalue weighted by atomic mass is 10.1. The highest BCUT2D eigenvalue weighted by Crippen LogP contribution is 2.38. The number of amides is 2. The van der Waals surface area contributed by atoms with Crippen molar-refractivity contribution < 1.29 is 9.59 Å². The fourth-order valence-corrected chi connectivity index (χ4v) is 3.54. The van der Waals surface area contributed by atoms with Crippen molar-refractivity contribution in [2.24, 2.45) is 5.92 Å². The summed E-state index contributed by atoms with van der Waals surface area (Å²) in [5.41, 5.74) is 1.55. The number of likely N-dealkylation sites (tertiary alicyclic amines) is 1. The van der Waals surface area contributed by atoms with Gasteiger partial charge in [-0.2, -0.15) is 5.10 Å². The Morgan fingerprint density at radius 3 is 2.81 bits per heavy atom. The minimum Gasteiger partial charge on any atom is -0.330 e. The average molecular weight is 367 g/mol. The van der Waals surface area contributed by atoms with E-state index in [1.165, 1.54) is 0 Å². The highest BCUT2D eigenvalue weighted by atomic mass is 16.2. The summed E-state index contributed by atoms with van der Waals surface area (Å²) in [4.78, 5) is 31.4. The number of hydrogen-bond donors (Lipinski definition) is 2. The number of anilines is 1. The molecular weight excluding hydrogens is 342 g/mol. The van der Waals surface area contributed by atoms with Crippen LogP contribution in [0.15, 0.2) is 24.3 Å². The van der Waals surface area contributed by atoms with Crippen molar-refractivity contribution in [2.75, 3.05) is 11.9 Å². The smallest absolute Gasteiger partial charge is 0.247 e. The van der Waals surface area contributed by atoms with Gasteiger partial charge in [0.05, 0.1) is 0 Å². The second-order valence-corrected chi connectivity index (χ2v) is 7.73. The molecular formula is C20H25N5O2. The molecule has 1 unspecified atom stereocenters. The lowest BCUT2D eigenvalue weighted by molar-refractivity contribution is -0.139. The maximum absolute atomic E-state index is 12.8. The molecule has 1 saturated carbocycles. The van der Waals surface area contributed by atoms with Gasteiger partial charge in [0.15, 0.2) is 5.82 Å². The number of H-pyrrole nitrogens is 1. The number of hydrogen-bond acceptors (Lipinski definition) is 4. The number of carbonyl (C=O) groups is 2. The zero-order valence-electron chi connectivity index (χ0n) is 15.7. The summed E-state index contributed by atoms with van der Waals surface area (Å²) in [7, 11) is 0. The second-order valence-electron chi connectivity index (χ2n) is 7.73. The van der Waals surface area contributed by atoms with Gasteiger partial charge in [-0.3, -0.25) is 14.7 Å². The number of aromatic amines is 1. The minimum atomic E-state index is -0.395. The van der Waals surface area contributed by atoms with E-state index in [1.54, 1.807) is 4.90 Å². The molecule has 2 amide bonds. The molecule has 0 radical (unpaired) electrons. The van der Waals surface area contributed by atoms with Crippen molar-refractivity contribution >= 4 is 17.5 Å². The normalized spacial score (nSPS) is 19.5. The third kappa shape index (κ3) is 3.72. The van der Waals surface area contributed by atoms with Crippen molar-refractivity contribution in [3.8, 4) is 11.4 Å². The quantitative estimate of drug-likeness (QED) is 0.850. The molecule has 7 heteroatoms. The molecule has 1 aliphatic heterocycles. The molecule has 2 fully saturated rings. The molecule has 1 aromatic carbocycles. The van der Waals surface area contributed by atoms with Gasteiger partial charge in [-0.15, -0.1) is 0 Å². The van der Waals surface area contributed by atoms with Crippen LogP contribution in [0.2, 0.25) is 0 Å². The molecule has 2 N–H and O–H groups in total. The molecule has 0 spiro atoms. The summed E-state index contributed by atoms with van der Waals surface area (Å²) in [5.74, 6) is 1.90. The van der Waals surface area contributed by atoms with E-state index in [4.69, 9.17) is 0 Å². The van der Waals surface area contributed by atoms with Crippen LogP contribution in [0.1, 0.15) is 51.3 Å². The third-order valence-corrected chi connectivity index (χ3v) is 5.19. The van der Waals surface area contributed by atoms with Crippen LogP contribution in [0.3, 0.4) is 0 Å². The molecule has 1 saturated heterocycles. The first-order valence-corrected chi connectivity index (χ1v) is 9.67. The van der Waals surface area contributed by atoms with Gasteiger partial charge in [0.2, 0.25) is 11.8 Å². The fourth-order valence-electron chi connectivity index (χ4n) is 3.54. The second kappa shape index (κ2) is 7.13. The Bertz CT molecular complexity index is 856. The van der Waals surface area contributed by atoms with E-state index in [2.05, 4.69) is 20.5 Å². The van der Waals surface area contributed by atoms with Crippen LogP contribution in [0, 0.1) is 5.92 Å². The molecule has 1 atom stereocenters. The van der Waals surface area contributed by atoms with Crippen LogP contribution in [-0.2, 0) is 9.59 Å². The fraction of sp³-hybridized carbons (Fsp3) is 0.500. The number of benzene rings is 1. The third-order valence-electron chi connectivity index (χ3n) is 5.19. The Morgan fingerprint density at radius 2 is 2.07 bits per heavy atom. The Balaban J connectivity index is 1.47. The molecule has 2 aliphatic rings. The van der Waals surface area contributed by atoms with Gasteiger partial charge in [-0.25, -0.2) is 4.98 Å². The zero-order chi connectivity index (χ0) is 19.0. The van der Waals surface area contributed by atoms with Gasteiger partial charge in [0.25, 0.3) is 0 Å². The Hall–Kier alpha value is -2.70. The number of carbonyl (C=O) groups excluding carboxylic acids is 2. The summed E-state index contributed by atoms with van der Waals surface area (Å²) in [6, 6.07) is 7.14. The van der Waals surface area contributed by atoms with Crippen molar-refractivity contribution in [2.45, 2.75) is 51.5 Å². The number of rotatable bonds is 5. The van der Waals surface area contributed by atoms with Crippen LogP contribution in [-0.4, -0.2) is 44.5 Å². The highest BCUT2D eigenvalue weighted by Gasteiger charge is 2.35. The van der Waals surface area contributed by atoms with E-state index in [-0.39, 0.29) is 17.7 Å². The zero-order valence-corrected chi connectivity index (χ0v) is 15.7. The van der Waals surface area contributed by atoms with Crippen molar-refractivity contribution in [1.82, 2.24) is 20.1 Å². The van der Waals surface area contributed by atoms with Crippen LogP contribution >= 0.6 is 0 Å². The molecule has 1 aliphatic carbocycles. The molecule has 27 heavy (non-hydrogen) atoms. The highest BCUT2D eigenvalue weighted by molar-refractivity contribution is 5.98. The number of nitrogens with zero attached hydrogens (tertiary/aromatic N) is 3. The topological polar surface area (TPSA) is 91.0 Å². The lowest BCUT2D eigenvalue weighted by Gasteiger charge is -2.25. The van der Waals surface area contributed by atoms with E-state index in [0.717, 1.165) is 30.7 Å². The van der Waals surface area contributed by atoms with Crippen molar-refractivity contribution in [3.05, 3.63) is 30.1 Å². The van der Waals surface area contributed by atoms with Gasteiger partial charge < -0.3 is 10.2 Å². The Labute approximate surface area is 158 Å². The standard InChI is InChI=1S/C20H25N5O2/c1-12(2)20(27)25-10-4-7-16(25)19(26)21-15-6-3-5-14(11-15)18-22-17(23-24-18)13-8-9-13/h3,5-6,11-13,16H,4,7-10H2,1-2H3,(H,21,26)(H,22,23,24). The first-order valence-electron chi connectivity index (χ1n) is 9.67. The van der Waals surface area contributed by atoms with Crippen molar-refractivity contribution in [3.63, 3.8) is 0 Å². The monoisotopic (exact) mass is 367 g/mol. The number of aromatic nitrogens is 3. The summed E-state index contributed by atoms with van der Waals surface area (Å²) in [5, 5.41) is 10.3. The van der Waals surface area contributed by atoms with E-state index in [0.29, 0.717) is 30.4 Å². The van der Waals surface area contributed by atoms with Gasteiger partial charge in [0, 0.05) is 29.6 Å². The van der Waals surface area contributed by atoms with E-state index in [9.17, 15) is 9.59 Å². The number of nitrogens with one attached hydrogen (secondary N) is 2. The Morgan fingerprint density at radius 1 is 1.26 bits per heavy atom. The molecule has 4 rings (SSSR count). The van der Waals surface area contributed by atoms with Gasteiger partial charge in [-0.1, -0.05) is 26.0 Å². The predicted molar refractivity (Wildman–Crippen MR) is 102 cm³/mol. The van der Waals surface area contributed by atoms with Crippen LogP contribution in [0.25, 0.3) is 11.4 Å². The summed E-state index contributed by atoms with van der Waals surface area (Å²) < 4.78 is 0. The van der Waals surface area contributed by atoms with Crippen molar-refractivity contribution in [1.29, 1.82) is 0 Å². The summed E-state index contributed by atoms with van der Waals surface area (Å²) in [6.45, 7) is 4.38. The van der Waals surface area contributed by atoms with E-state index in [1.807, 2.05) is 38.1 Å². The predicted octanol–water partition coefficient (Wildman–Crippen LogP) is 2.93. The molecule has 0 bridgehead atoms. The van der Waals surface area contributed by atoms with E-state index < -0.39 is 6.04 Å². The lowest BCUT2D eigenvalue weighted by Crippen LogP contribution is -2.44. The van der Waals surface area contributed by atoms with Gasteiger partial charge >= 0.3 is 0 Å². The van der Waals surface area contributed by atoms with E-state index >= 15 is 0 Å². The van der Waals surface area contributed by atoms with Crippen LogP contribution < -0.4 is 5.32 Å². The molecule has 142 valence electrons. The molecule has 2 heterocycles. The summed E-state index contributed by atoms with van der Waals surface area (Å²) >= 11 is 0. The van der Waals surface area contributed by atoms with Crippen LogP contribution in [0.4, 0.5) is 5.69 Å². The van der Waals surface area contributed by atoms with Gasteiger partial charge in [0.1, 0.15) is 11.9 Å². The first kappa shape index (κ1) is 17.7. The Kier molecular flexibility index (Phi) is 4.68. The average Bonchev–Trinajstić information content (AvgIpc) is 3.20. The maximum atomic E-state index is 12.8. The SMILES string of the molecule is CC(C)C(=O)N1CCCC1C(=O)Nc1cccc(-c2n[nH]c(C3CC3)n2)c1. The first-order chi connectivity index (χ1) is 13.0. The molecule has 1 aromatic heterocycles. The largest absolute Gasteiger partial charge is 0.330 e. The van der Waals surface area contributed by atoms with Gasteiger partial charge in [-0.05, 0) is 37.8 Å². The van der Waals surface area contributed by atoms with Crippen LogP contribution in [0.5, 0.6) is 0 Å². The molecule has 7 nitrogen and oxygen atoms in total. The summed E-state index contributed by atoms with van der Waals surface area (Å²) in [6.07, 6.45) is 3.89. The maximum Gasteiger partial charge on any atom is 0.247 e.